The number of nitrogens with one attached hydrogen (secondary N) is 3. The molecule has 0 radical (unpaired) electrons. The number of amides is 2. The first-order valence-corrected chi connectivity index (χ1v) is 10.3. The predicted octanol–water partition coefficient (Wildman–Crippen LogP) is 2.58. The molecule has 0 aromatic rings. The van der Waals surface area contributed by atoms with Gasteiger partial charge in [0, 0.05) is 40.3 Å². The first kappa shape index (κ1) is 27.7. The lowest BCUT2D eigenvalue weighted by molar-refractivity contribution is -0.138. The number of halogens is 1. The van der Waals surface area contributed by atoms with Gasteiger partial charge in [-0.3, -0.25) is 9.79 Å². The topological polar surface area (TPSA) is 95.1 Å². The summed E-state index contributed by atoms with van der Waals surface area (Å²) < 4.78 is 5.00. The standard InChI is InChI=1S/C20H39N5O3.HI/c1-7-28-19(27)24-16(12-15(2)3)13-22-18(21-4)23-14-20(10-8-9-11-20)17(26)25(5)6;/h15-16H,7-14H2,1-6H3,(H,24,27)(H2,21,22,23);1H. The van der Waals surface area contributed by atoms with Crippen LogP contribution in [0, 0.1) is 11.3 Å². The van der Waals surface area contributed by atoms with Gasteiger partial charge in [-0.15, -0.1) is 24.0 Å². The van der Waals surface area contributed by atoms with Crippen LogP contribution in [0.3, 0.4) is 0 Å². The van der Waals surface area contributed by atoms with Crippen LogP contribution in [0.5, 0.6) is 0 Å². The van der Waals surface area contributed by atoms with Gasteiger partial charge in [0.05, 0.1) is 12.0 Å². The largest absolute Gasteiger partial charge is 0.450 e. The van der Waals surface area contributed by atoms with Crippen molar-refractivity contribution < 1.29 is 14.3 Å². The number of hydrogen-bond donors (Lipinski definition) is 3. The number of ether oxygens (including phenoxy) is 1. The Labute approximate surface area is 193 Å². The van der Waals surface area contributed by atoms with Crippen molar-refractivity contribution in [3.63, 3.8) is 0 Å². The van der Waals surface area contributed by atoms with Gasteiger partial charge in [-0.1, -0.05) is 26.7 Å². The normalized spacial score (nSPS) is 16.6. The minimum atomic E-state index is -0.403. The second-order valence-electron chi connectivity index (χ2n) is 8.18. The van der Waals surface area contributed by atoms with Crippen LogP contribution in [0.4, 0.5) is 4.79 Å². The molecule has 1 rings (SSSR count). The highest BCUT2D eigenvalue weighted by atomic mass is 127. The van der Waals surface area contributed by atoms with Gasteiger partial charge in [0.15, 0.2) is 5.96 Å². The van der Waals surface area contributed by atoms with Crippen molar-refractivity contribution in [1.29, 1.82) is 0 Å². The van der Waals surface area contributed by atoms with Crippen LogP contribution in [0.1, 0.15) is 52.9 Å². The maximum Gasteiger partial charge on any atom is 0.407 e. The van der Waals surface area contributed by atoms with E-state index in [1.165, 1.54) is 0 Å². The molecular weight excluding hydrogens is 485 g/mol. The number of carbonyl (C=O) groups excluding carboxylic acids is 2. The molecule has 0 aromatic heterocycles. The third kappa shape index (κ3) is 9.39. The van der Waals surface area contributed by atoms with Gasteiger partial charge >= 0.3 is 6.09 Å². The highest BCUT2D eigenvalue weighted by molar-refractivity contribution is 14.0. The Morgan fingerprint density at radius 3 is 2.28 bits per heavy atom. The Balaban J connectivity index is 0.00000784. The summed E-state index contributed by atoms with van der Waals surface area (Å²) in [6, 6.07) is -0.0681. The fourth-order valence-corrected chi connectivity index (χ4v) is 3.79. The molecule has 0 heterocycles. The zero-order valence-corrected chi connectivity index (χ0v) is 21.2. The lowest BCUT2D eigenvalue weighted by Crippen LogP contribution is -2.51. The summed E-state index contributed by atoms with van der Waals surface area (Å²) in [7, 11) is 5.33. The van der Waals surface area contributed by atoms with Crippen molar-refractivity contribution in [3.05, 3.63) is 0 Å². The second kappa shape index (κ2) is 13.9. The van der Waals surface area contributed by atoms with E-state index < -0.39 is 6.09 Å². The molecule has 3 N–H and O–H groups in total. The van der Waals surface area contributed by atoms with E-state index >= 15 is 0 Å². The molecule has 0 bridgehead atoms. The van der Waals surface area contributed by atoms with E-state index in [0.717, 1.165) is 32.1 Å². The van der Waals surface area contributed by atoms with Crippen molar-refractivity contribution in [2.24, 2.45) is 16.3 Å². The van der Waals surface area contributed by atoms with E-state index in [-0.39, 0.29) is 41.3 Å². The minimum Gasteiger partial charge on any atom is -0.450 e. The van der Waals surface area contributed by atoms with E-state index in [1.807, 2.05) is 14.1 Å². The maximum atomic E-state index is 12.7. The van der Waals surface area contributed by atoms with E-state index in [4.69, 9.17) is 4.74 Å². The number of rotatable bonds is 9. The van der Waals surface area contributed by atoms with Gasteiger partial charge in [-0.25, -0.2) is 4.79 Å². The van der Waals surface area contributed by atoms with Crippen LogP contribution in [0.25, 0.3) is 0 Å². The first-order chi connectivity index (χ1) is 13.2. The molecule has 1 unspecified atom stereocenters. The highest BCUT2D eigenvalue weighted by Crippen LogP contribution is 2.38. The average molecular weight is 525 g/mol. The monoisotopic (exact) mass is 525 g/mol. The molecule has 1 aliphatic carbocycles. The van der Waals surface area contributed by atoms with Gasteiger partial charge in [0.1, 0.15) is 0 Å². The third-order valence-corrected chi connectivity index (χ3v) is 5.11. The van der Waals surface area contributed by atoms with Crippen LogP contribution in [0.2, 0.25) is 0 Å². The maximum absolute atomic E-state index is 12.7. The van der Waals surface area contributed by atoms with Crippen molar-refractivity contribution in [1.82, 2.24) is 20.9 Å². The summed E-state index contributed by atoms with van der Waals surface area (Å²) in [6.45, 7) is 7.45. The van der Waals surface area contributed by atoms with Crippen molar-refractivity contribution >= 4 is 41.9 Å². The van der Waals surface area contributed by atoms with Crippen LogP contribution in [-0.4, -0.2) is 69.7 Å². The summed E-state index contributed by atoms with van der Waals surface area (Å²) in [6.07, 6.45) is 4.37. The molecule has 0 saturated heterocycles. The molecule has 9 heteroatoms. The SMILES string of the molecule is CCOC(=O)NC(CNC(=NC)NCC1(C(=O)N(C)C)CCCC1)CC(C)C.I. The van der Waals surface area contributed by atoms with Crippen LogP contribution < -0.4 is 16.0 Å². The highest BCUT2D eigenvalue weighted by Gasteiger charge is 2.42. The summed E-state index contributed by atoms with van der Waals surface area (Å²) in [4.78, 5) is 30.4. The molecule has 1 aliphatic rings. The first-order valence-electron chi connectivity index (χ1n) is 10.3. The fraction of sp³-hybridized carbons (Fsp3) is 0.850. The van der Waals surface area contributed by atoms with Crippen molar-refractivity contribution in [2.45, 2.75) is 58.9 Å². The third-order valence-electron chi connectivity index (χ3n) is 5.11. The lowest BCUT2D eigenvalue weighted by atomic mass is 9.84. The number of alkyl carbamates (subject to hydrolysis) is 1. The number of guanidine groups is 1. The molecule has 2 amide bonds. The lowest BCUT2D eigenvalue weighted by Gasteiger charge is -2.31. The smallest absolute Gasteiger partial charge is 0.407 e. The predicted molar refractivity (Wildman–Crippen MR) is 128 cm³/mol. The van der Waals surface area contributed by atoms with E-state index in [2.05, 4.69) is 34.8 Å². The number of hydrogen-bond acceptors (Lipinski definition) is 4. The molecule has 170 valence electrons. The fourth-order valence-electron chi connectivity index (χ4n) is 3.79. The van der Waals surface area contributed by atoms with Crippen LogP contribution >= 0.6 is 24.0 Å². The minimum absolute atomic E-state index is 0. The molecule has 0 spiro atoms. The van der Waals surface area contributed by atoms with Crippen LogP contribution in [0.15, 0.2) is 4.99 Å². The van der Waals surface area contributed by atoms with Gasteiger partial charge in [-0.05, 0) is 32.1 Å². The Morgan fingerprint density at radius 2 is 1.79 bits per heavy atom. The number of aliphatic imine (C=N–C) groups is 1. The quantitative estimate of drug-likeness (QED) is 0.245. The molecule has 8 nitrogen and oxygen atoms in total. The van der Waals surface area contributed by atoms with Gasteiger partial charge < -0.3 is 25.6 Å². The van der Waals surface area contributed by atoms with Crippen molar-refractivity contribution in [3.8, 4) is 0 Å². The summed E-state index contributed by atoms with van der Waals surface area (Å²) in [5.41, 5.74) is -0.359. The van der Waals surface area contributed by atoms with Crippen molar-refractivity contribution in [2.75, 3.05) is 40.8 Å². The second-order valence-corrected chi connectivity index (χ2v) is 8.18. The van der Waals surface area contributed by atoms with Gasteiger partial charge in [-0.2, -0.15) is 0 Å². The summed E-state index contributed by atoms with van der Waals surface area (Å²) in [5, 5.41) is 9.50. The zero-order chi connectivity index (χ0) is 21.2. The summed E-state index contributed by atoms with van der Waals surface area (Å²) in [5.74, 6) is 1.25. The van der Waals surface area contributed by atoms with Gasteiger partial charge in [0.2, 0.25) is 5.91 Å². The Bertz CT molecular complexity index is 534. The van der Waals surface area contributed by atoms with E-state index in [0.29, 0.717) is 31.6 Å². The molecular formula is C20H40IN5O3. The van der Waals surface area contributed by atoms with E-state index in [9.17, 15) is 9.59 Å². The van der Waals surface area contributed by atoms with Crippen LogP contribution in [-0.2, 0) is 9.53 Å². The van der Waals surface area contributed by atoms with E-state index in [1.54, 1.807) is 18.9 Å². The number of carbonyl (C=O) groups is 2. The molecule has 1 atom stereocenters. The molecule has 0 aromatic carbocycles. The Morgan fingerprint density at radius 1 is 1.17 bits per heavy atom. The van der Waals surface area contributed by atoms with Gasteiger partial charge in [0.25, 0.3) is 0 Å². The Kier molecular flexibility index (Phi) is 13.3. The number of nitrogens with zero attached hydrogens (tertiary/aromatic N) is 2. The molecule has 1 fully saturated rings. The zero-order valence-electron chi connectivity index (χ0n) is 18.8. The molecule has 1 saturated carbocycles. The average Bonchev–Trinajstić information content (AvgIpc) is 3.10. The molecule has 29 heavy (non-hydrogen) atoms. The Hall–Kier alpha value is -1.26. The summed E-state index contributed by atoms with van der Waals surface area (Å²) >= 11 is 0. The molecule has 0 aliphatic heterocycles.